The highest BCUT2D eigenvalue weighted by atomic mass is 16.8. The van der Waals surface area contributed by atoms with Gasteiger partial charge in [0.05, 0.1) is 12.3 Å². The smallest absolute Gasteiger partial charge is 0.346 e. The first-order valence-corrected chi connectivity index (χ1v) is 9.05. The number of nitrogens with zero attached hydrogens (tertiary/aromatic N) is 1. The van der Waals surface area contributed by atoms with Crippen LogP contribution in [0.2, 0.25) is 0 Å². The van der Waals surface area contributed by atoms with Gasteiger partial charge in [-0.1, -0.05) is 0 Å². The molecule has 1 aromatic heterocycles. The van der Waals surface area contributed by atoms with Gasteiger partial charge in [-0.2, -0.15) is 0 Å². The first-order valence-electron chi connectivity index (χ1n) is 9.05. The molecule has 0 unspecified atom stereocenters. The third kappa shape index (κ3) is 3.54. The average molecular weight is 379 g/mol. The predicted molar refractivity (Wildman–Crippen MR) is 92.0 cm³/mol. The van der Waals surface area contributed by atoms with Crippen LogP contribution < -0.4 is 4.74 Å². The van der Waals surface area contributed by atoms with Gasteiger partial charge in [0.15, 0.2) is 11.6 Å². The molecule has 2 saturated heterocycles. The van der Waals surface area contributed by atoms with Gasteiger partial charge in [-0.3, -0.25) is 0 Å². The van der Waals surface area contributed by atoms with Gasteiger partial charge in [-0.25, -0.2) is 9.78 Å². The monoisotopic (exact) mass is 379 g/mol. The lowest BCUT2D eigenvalue weighted by molar-refractivity contribution is -0.174. The zero-order valence-corrected chi connectivity index (χ0v) is 16.4. The van der Waals surface area contributed by atoms with Crippen LogP contribution in [0.4, 0.5) is 0 Å². The van der Waals surface area contributed by atoms with Crippen molar-refractivity contribution in [3.05, 3.63) is 23.4 Å². The van der Waals surface area contributed by atoms with E-state index >= 15 is 0 Å². The number of aromatic nitrogens is 1. The van der Waals surface area contributed by atoms with E-state index in [1.54, 1.807) is 26.0 Å². The molecule has 3 aliphatic rings. The van der Waals surface area contributed by atoms with Crippen molar-refractivity contribution in [2.45, 2.75) is 77.2 Å². The van der Waals surface area contributed by atoms with Crippen molar-refractivity contribution in [1.29, 1.82) is 0 Å². The summed E-state index contributed by atoms with van der Waals surface area (Å²) in [5.74, 6) is -2.79. The molecule has 2 fully saturated rings. The molecule has 4 heterocycles. The van der Waals surface area contributed by atoms with E-state index in [1.807, 2.05) is 27.7 Å². The van der Waals surface area contributed by atoms with Gasteiger partial charge < -0.3 is 28.4 Å². The minimum Gasteiger partial charge on any atom is -0.435 e. The van der Waals surface area contributed by atoms with Gasteiger partial charge in [0.2, 0.25) is 5.88 Å². The van der Waals surface area contributed by atoms with Crippen molar-refractivity contribution >= 4 is 5.97 Å². The van der Waals surface area contributed by atoms with Crippen LogP contribution in [0.5, 0.6) is 5.88 Å². The molecule has 4 rings (SSSR count). The molecular formula is C19H25NO7. The van der Waals surface area contributed by atoms with E-state index in [0.717, 1.165) is 0 Å². The summed E-state index contributed by atoms with van der Waals surface area (Å²) in [6.07, 6.45) is -1.19. The average Bonchev–Trinajstić information content (AvgIpc) is 3.04. The summed E-state index contributed by atoms with van der Waals surface area (Å²) < 4.78 is 34.8. The Balaban J connectivity index is 1.66. The maximum atomic E-state index is 12.1. The van der Waals surface area contributed by atoms with Gasteiger partial charge in [-0.05, 0) is 39.8 Å². The minimum atomic E-state index is -1.08. The van der Waals surface area contributed by atoms with Crippen LogP contribution in [0.25, 0.3) is 0 Å². The first kappa shape index (κ1) is 18.6. The Morgan fingerprint density at radius 1 is 0.926 bits per heavy atom. The Labute approximate surface area is 158 Å². The number of esters is 1. The maximum absolute atomic E-state index is 12.1. The molecule has 0 aromatic carbocycles. The molecule has 0 spiro atoms. The first-order chi connectivity index (χ1) is 12.4. The molecule has 0 radical (unpaired) electrons. The van der Waals surface area contributed by atoms with Crippen LogP contribution in [0.15, 0.2) is 12.1 Å². The predicted octanol–water partition coefficient (Wildman–Crippen LogP) is 2.71. The van der Waals surface area contributed by atoms with Crippen molar-refractivity contribution in [3.8, 4) is 5.88 Å². The van der Waals surface area contributed by atoms with Gasteiger partial charge >= 0.3 is 5.97 Å². The fourth-order valence-electron chi connectivity index (χ4n) is 3.55. The lowest BCUT2D eigenvalue weighted by Crippen LogP contribution is -2.39. The summed E-state index contributed by atoms with van der Waals surface area (Å²) in [6.45, 7) is 11.1. The minimum absolute atomic E-state index is 0.227. The van der Waals surface area contributed by atoms with Gasteiger partial charge in [0.25, 0.3) is 5.79 Å². The molecule has 27 heavy (non-hydrogen) atoms. The largest absolute Gasteiger partial charge is 0.435 e. The molecule has 3 aliphatic heterocycles. The second kappa shape index (κ2) is 5.88. The van der Waals surface area contributed by atoms with Crippen molar-refractivity contribution in [3.63, 3.8) is 0 Å². The van der Waals surface area contributed by atoms with E-state index in [4.69, 9.17) is 28.4 Å². The Bertz CT molecular complexity index is 773. The molecule has 1 aromatic rings. The summed E-state index contributed by atoms with van der Waals surface area (Å²) >= 11 is 0. The molecule has 0 bridgehead atoms. The lowest BCUT2D eigenvalue weighted by atomic mass is 10.0. The van der Waals surface area contributed by atoms with E-state index < -0.39 is 35.5 Å². The maximum Gasteiger partial charge on any atom is 0.346 e. The van der Waals surface area contributed by atoms with E-state index in [2.05, 4.69) is 4.98 Å². The Morgan fingerprint density at radius 2 is 1.67 bits per heavy atom. The molecule has 0 amide bonds. The number of fused-ring (bicyclic) bond motifs is 1. The second-order valence-electron chi connectivity index (χ2n) is 8.37. The molecule has 148 valence electrons. The molecule has 0 aliphatic carbocycles. The topological polar surface area (TPSA) is 85.3 Å². The fourth-order valence-corrected chi connectivity index (χ4v) is 3.55. The third-order valence-corrected chi connectivity index (χ3v) is 4.60. The number of pyridine rings is 1. The van der Waals surface area contributed by atoms with Crippen molar-refractivity contribution < 1.29 is 33.2 Å². The number of carbonyl (C=O) groups is 1. The van der Waals surface area contributed by atoms with Crippen LogP contribution in [-0.4, -0.2) is 47.1 Å². The lowest BCUT2D eigenvalue weighted by Gasteiger charge is -2.31. The summed E-state index contributed by atoms with van der Waals surface area (Å²) in [7, 11) is 0. The molecule has 0 N–H and O–H groups in total. The zero-order chi connectivity index (χ0) is 19.6. The Hall–Kier alpha value is -1.74. The van der Waals surface area contributed by atoms with E-state index in [9.17, 15) is 4.79 Å². The summed E-state index contributed by atoms with van der Waals surface area (Å²) in [4.78, 5) is 16.7. The zero-order valence-electron chi connectivity index (χ0n) is 16.4. The van der Waals surface area contributed by atoms with Crippen LogP contribution >= 0.6 is 0 Å². The summed E-state index contributed by atoms with van der Waals surface area (Å²) in [5.41, 5.74) is 0.887. The highest BCUT2D eigenvalue weighted by Gasteiger charge is 2.51. The number of rotatable bonds is 2. The number of hydrogen-bond acceptors (Lipinski definition) is 8. The highest BCUT2D eigenvalue weighted by Crippen LogP contribution is 2.43. The summed E-state index contributed by atoms with van der Waals surface area (Å²) in [6, 6.07) is 3.36. The quantitative estimate of drug-likeness (QED) is 0.725. The van der Waals surface area contributed by atoms with Crippen molar-refractivity contribution in [1.82, 2.24) is 4.98 Å². The van der Waals surface area contributed by atoms with Crippen molar-refractivity contribution in [2.24, 2.45) is 0 Å². The molecule has 8 heteroatoms. The van der Waals surface area contributed by atoms with Crippen molar-refractivity contribution in [2.75, 3.05) is 6.61 Å². The van der Waals surface area contributed by atoms with Gasteiger partial charge in [0, 0.05) is 13.8 Å². The van der Waals surface area contributed by atoms with Gasteiger partial charge in [0.1, 0.15) is 23.9 Å². The van der Waals surface area contributed by atoms with Crippen LogP contribution in [0.3, 0.4) is 0 Å². The second-order valence-corrected chi connectivity index (χ2v) is 8.37. The molecule has 3 atom stereocenters. The highest BCUT2D eigenvalue weighted by molar-refractivity contribution is 5.92. The number of carbonyl (C=O) groups excluding carboxylic acids is 1. The Morgan fingerprint density at radius 3 is 2.33 bits per heavy atom. The van der Waals surface area contributed by atoms with E-state index in [0.29, 0.717) is 12.3 Å². The van der Waals surface area contributed by atoms with E-state index in [1.165, 1.54) is 0 Å². The SMILES string of the molecule is CC1(C)OC(=O)c2ccc([C@@H]3OC(C)(C)O[C@H]3[C@@H]3COC(C)(C)O3)nc2O1. The standard InChI is InChI=1S/C19H25NO7/c1-17(2)22-9-12(23-17)14-13(24-18(3,4)25-14)11-8-7-10-15(20-11)26-19(5,6)27-16(10)21/h7-8,12-14H,9H2,1-6H3/t12-,13-,14-/m0/s1. The summed E-state index contributed by atoms with van der Waals surface area (Å²) in [5, 5.41) is 0. The van der Waals surface area contributed by atoms with Gasteiger partial charge in [-0.15, -0.1) is 0 Å². The molecule has 8 nitrogen and oxygen atoms in total. The number of ether oxygens (including phenoxy) is 6. The fraction of sp³-hybridized carbons (Fsp3) is 0.684. The third-order valence-electron chi connectivity index (χ3n) is 4.60. The molecular weight excluding hydrogens is 354 g/mol. The number of cyclic esters (lactones) is 1. The molecule has 0 saturated carbocycles. The van der Waals surface area contributed by atoms with Crippen LogP contribution in [0.1, 0.15) is 63.7 Å². The van der Waals surface area contributed by atoms with E-state index in [-0.39, 0.29) is 17.5 Å². The normalized spacial score (nSPS) is 33.3. The van der Waals surface area contributed by atoms with Crippen LogP contribution in [-0.2, 0) is 23.7 Å². The Kier molecular flexibility index (Phi) is 4.05. The number of hydrogen-bond donors (Lipinski definition) is 0. The van der Waals surface area contributed by atoms with Crippen LogP contribution in [0, 0.1) is 0 Å².